The second kappa shape index (κ2) is 13.6. The molecule has 0 aliphatic carbocycles. The molecule has 0 aliphatic heterocycles. The summed E-state index contributed by atoms with van der Waals surface area (Å²) in [4.78, 5) is 2.06. The summed E-state index contributed by atoms with van der Waals surface area (Å²) >= 11 is 0. The number of nitrogens with zero attached hydrogens (tertiary/aromatic N) is 1. The average molecular weight is 387 g/mol. The molecule has 1 nitrogen and oxygen atoms in total. The van der Waals surface area contributed by atoms with Gasteiger partial charge in [0, 0.05) is 0 Å². The van der Waals surface area contributed by atoms with E-state index in [0.29, 0.717) is 0 Å². The molecule has 0 saturated heterocycles. The number of hydrogen-bond donors (Lipinski definition) is 0. The normalized spacial score (nSPS) is 9.50. The van der Waals surface area contributed by atoms with Crippen LogP contribution in [0.2, 0.25) is 0 Å². The molecule has 0 amide bonds. The van der Waals surface area contributed by atoms with Crippen LogP contribution in [0.15, 0.2) is 18.2 Å². The molecule has 0 rings (SSSR count). The standard InChI is InChI=1S/C9H12N.CH3.U/c1-4-5-6-7-8-9-10(2)3;;/h1,5,7-8H,9H2,2-3H3;1H3;/q2*-1;+2/b8-7-;;. The van der Waals surface area contributed by atoms with Crippen LogP contribution in [0.5, 0.6) is 0 Å². The molecule has 0 bridgehead atoms. The van der Waals surface area contributed by atoms with E-state index in [1.807, 2.05) is 26.2 Å². The third-order valence-corrected chi connectivity index (χ3v) is 0.851. The van der Waals surface area contributed by atoms with E-state index in [0.717, 1.165) is 6.54 Å². The molecular formula is C10H15NU. The SMILES string of the molecule is C#CC=[C-]/C=C\CN(C)C.[CH3-].[U+2]. The predicted molar refractivity (Wildman–Crippen MR) is 50.8 cm³/mol. The van der Waals surface area contributed by atoms with Crippen molar-refractivity contribution in [3.63, 3.8) is 0 Å². The zero-order valence-electron chi connectivity index (χ0n) is 7.96. The number of rotatable bonds is 3. The second-order valence-corrected chi connectivity index (χ2v) is 2.14. The van der Waals surface area contributed by atoms with Gasteiger partial charge in [0.25, 0.3) is 0 Å². The van der Waals surface area contributed by atoms with Gasteiger partial charge in [-0.1, -0.05) is 0 Å². The third kappa shape index (κ3) is 16.6. The largest absolute Gasteiger partial charge is 2.00 e. The van der Waals surface area contributed by atoms with Crippen molar-refractivity contribution in [2.75, 3.05) is 20.6 Å². The predicted octanol–water partition coefficient (Wildman–Crippen LogP) is 1.55. The van der Waals surface area contributed by atoms with Crippen LogP contribution < -0.4 is 0 Å². The van der Waals surface area contributed by atoms with Gasteiger partial charge in [0.1, 0.15) is 0 Å². The van der Waals surface area contributed by atoms with Gasteiger partial charge in [-0.2, -0.15) is 24.7 Å². The van der Waals surface area contributed by atoms with Crippen LogP contribution in [-0.4, -0.2) is 25.5 Å². The molecule has 2 heteroatoms. The minimum atomic E-state index is 0. The Labute approximate surface area is 100 Å². The summed E-state index contributed by atoms with van der Waals surface area (Å²) in [6.07, 6.45) is 13.1. The number of likely N-dealkylation sites (N-methyl/N-ethyl adjacent to an activating group) is 1. The molecule has 0 spiro atoms. The molecule has 0 heterocycles. The van der Waals surface area contributed by atoms with Crippen LogP contribution in [0.1, 0.15) is 0 Å². The molecule has 0 fully saturated rings. The van der Waals surface area contributed by atoms with E-state index >= 15 is 0 Å². The van der Waals surface area contributed by atoms with Crippen LogP contribution >= 0.6 is 0 Å². The number of hydrogen-bond acceptors (Lipinski definition) is 1. The van der Waals surface area contributed by atoms with Crippen LogP contribution in [-0.2, 0) is 0 Å². The summed E-state index contributed by atoms with van der Waals surface area (Å²) in [5, 5.41) is 0. The molecule has 0 unspecified atom stereocenters. The first-order valence-corrected chi connectivity index (χ1v) is 3.11. The minimum Gasteiger partial charge on any atom is -0.358 e. The fraction of sp³-hybridized carbons (Fsp3) is 0.300. The van der Waals surface area contributed by atoms with Gasteiger partial charge >= 0.3 is 31.1 Å². The van der Waals surface area contributed by atoms with Crippen molar-refractivity contribution in [3.05, 3.63) is 31.7 Å². The Morgan fingerprint density at radius 3 is 2.50 bits per heavy atom. The Morgan fingerprint density at radius 1 is 1.50 bits per heavy atom. The van der Waals surface area contributed by atoms with Crippen molar-refractivity contribution in [2.24, 2.45) is 0 Å². The topological polar surface area (TPSA) is 3.24 Å². The van der Waals surface area contributed by atoms with Crippen molar-refractivity contribution in [2.45, 2.75) is 0 Å². The Hall–Kier alpha value is 0.0519. The zero-order chi connectivity index (χ0) is 7.82. The molecule has 0 aliphatic rings. The summed E-state index contributed by atoms with van der Waals surface area (Å²) in [6, 6.07) is 0. The van der Waals surface area contributed by atoms with Crippen LogP contribution in [0, 0.1) is 57.0 Å². The van der Waals surface area contributed by atoms with E-state index in [4.69, 9.17) is 6.42 Å². The Morgan fingerprint density at radius 2 is 2.08 bits per heavy atom. The molecule has 0 aromatic rings. The van der Waals surface area contributed by atoms with E-state index in [1.54, 1.807) is 6.08 Å². The molecule has 0 atom stereocenters. The average Bonchev–Trinajstić information content (AvgIpc) is 1.87. The van der Waals surface area contributed by atoms with Crippen LogP contribution in [0.4, 0.5) is 0 Å². The Bertz CT molecular complexity index is 163. The first kappa shape index (κ1) is 18.0. The van der Waals surface area contributed by atoms with Gasteiger partial charge in [-0.3, -0.25) is 0 Å². The number of terminal acetylenes is 1. The summed E-state index contributed by atoms with van der Waals surface area (Å²) < 4.78 is 0. The fourth-order valence-corrected chi connectivity index (χ4v) is 0.428. The van der Waals surface area contributed by atoms with Gasteiger partial charge in [-0.25, -0.2) is 5.92 Å². The maximum absolute atomic E-state index is 4.96. The van der Waals surface area contributed by atoms with Gasteiger partial charge in [-0.15, -0.1) is 6.08 Å². The minimum absolute atomic E-state index is 0. The smallest absolute Gasteiger partial charge is 0.358 e. The van der Waals surface area contributed by atoms with Crippen molar-refractivity contribution < 1.29 is 31.1 Å². The molecule has 0 aromatic carbocycles. The van der Waals surface area contributed by atoms with Gasteiger partial charge in [-0.05, 0) is 20.6 Å². The quantitative estimate of drug-likeness (QED) is 0.404. The Balaban J connectivity index is -0.000000405. The fourth-order valence-electron chi connectivity index (χ4n) is 0.428. The molecule has 64 valence electrons. The van der Waals surface area contributed by atoms with Gasteiger partial charge in [0.05, 0.1) is 0 Å². The third-order valence-electron chi connectivity index (χ3n) is 0.851. The molecule has 12 heavy (non-hydrogen) atoms. The van der Waals surface area contributed by atoms with E-state index in [1.165, 1.54) is 0 Å². The zero-order valence-corrected chi connectivity index (χ0v) is 12.1. The Kier molecular flexibility index (Phi) is 20.4. The van der Waals surface area contributed by atoms with E-state index in [-0.39, 0.29) is 38.5 Å². The number of allylic oxidation sites excluding steroid dienone is 3. The van der Waals surface area contributed by atoms with Crippen molar-refractivity contribution in [1.29, 1.82) is 0 Å². The maximum atomic E-state index is 4.96. The first-order chi connectivity index (χ1) is 4.77. The second-order valence-electron chi connectivity index (χ2n) is 2.14. The molecule has 0 radical (unpaired) electrons. The van der Waals surface area contributed by atoms with E-state index < -0.39 is 0 Å². The molecule has 0 saturated carbocycles. The monoisotopic (exact) mass is 387 g/mol. The maximum Gasteiger partial charge on any atom is 2.00 e. The van der Waals surface area contributed by atoms with Gasteiger partial charge in [0.2, 0.25) is 0 Å². The molecule has 0 aromatic heterocycles. The summed E-state index contributed by atoms with van der Waals surface area (Å²) in [7, 11) is 4.02. The molecule has 0 N–H and O–H groups in total. The summed E-state index contributed by atoms with van der Waals surface area (Å²) in [5.74, 6) is 2.35. The van der Waals surface area contributed by atoms with Gasteiger partial charge in [0.15, 0.2) is 0 Å². The van der Waals surface area contributed by atoms with Gasteiger partial charge < -0.3 is 12.3 Å². The van der Waals surface area contributed by atoms with Crippen molar-refractivity contribution in [1.82, 2.24) is 4.90 Å². The van der Waals surface area contributed by atoms with Crippen LogP contribution in [0.3, 0.4) is 0 Å². The van der Waals surface area contributed by atoms with Crippen molar-refractivity contribution in [3.8, 4) is 12.3 Å². The van der Waals surface area contributed by atoms with E-state index in [9.17, 15) is 0 Å². The van der Waals surface area contributed by atoms with Crippen LogP contribution in [0.25, 0.3) is 0 Å². The summed E-state index contributed by atoms with van der Waals surface area (Å²) in [5.41, 5.74) is 0. The van der Waals surface area contributed by atoms with E-state index in [2.05, 4.69) is 16.9 Å². The first-order valence-electron chi connectivity index (χ1n) is 3.11. The van der Waals surface area contributed by atoms with Crippen molar-refractivity contribution >= 4 is 0 Å². The summed E-state index contributed by atoms with van der Waals surface area (Å²) in [6.45, 7) is 0.922. The molecular weight excluding hydrogens is 372 g/mol.